The predicted molar refractivity (Wildman–Crippen MR) is 116 cm³/mol. The summed E-state index contributed by atoms with van der Waals surface area (Å²) in [6.07, 6.45) is 4.74. The van der Waals surface area contributed by atoms with Crippen LogP contribution in [0.3, 0.4) is 0 Å². The van der Waals surface area contributed by atoms with Crippen molar-refractivity contribution in [1.29, 1.82) is 0 Å². The van der Waals surface area contributed by atoms with E-state index in [9.17, 15) is 9.18 Å². The number of hydrogen-bond acceptors (Lipinski definition) is 5. The van der Waals surface area contributed by atoms with Crippen LogP contribution in [-0.2, 0) is 19.9 Å². The molecule has 0 aliphatic heterocycles. The van der Waals surface area contributed by atoms with Crippen molar-refractivity contribution in [2.45, 2.75) is 19.8 Å². The van der Waals surface area contributed by atoms with E-state index < -0.39 is 5.82 Å². The zero-order chi connectivity index (χ0) is 21.8. The standard InChI is InChI=1S/C24H21FN4O2/c1-16-6-5-8-20(25)23(16)31-24-27-19(11-10-18-7-3-4-13-26-18)14-21(28-24)17-9-12-22(30)29(2)15-17/h3-9,12-15H,10-11H2,1-2H3. The average Bonchev–Trinajstić information content (AvgIpc) is 2.77. The van der Waals surface area contributed by atoms with Crippen molar-refractivity contribution in [2.24, 2.45) is 7.05 Å². The molecule has 0 spiro atoms. The van der Waals surface area contributed by atoms with Crippen LogP contribution in [0.5, 0.6) is 11.8 Å². The number of aromatic nitrogens is 4. The molecular weight excluding hydrogens is 395 g/mol. The molecule has 3 heterocycles. The van der Waals surface area contributed by atoms with E-state index in [0.717, 1.165) is 17.0 Å². The van der Waals surface area contributed by atoms with E-state index >= 15 is 0 Å². The summed E-state index contributed by atoms with van der Waals surface area (Å²) in [5, 5.41) is 0. The highest BCUT2D eigenvalue weighted by Gasteiger charge is 2.14. The van der Waals surface area contributed by atoms with Crippen LogP contribution < -0.4 is 10.3 Å². The number of aryl methyl sites for hydroxylation is 4. The van der Waals surface area contributed by atoms with Gasteiger partial charge in [-0.15, -0.1) is 0 Å². The molecule has 0 unspecified atom stereocenters. The summed E-state index contributed by atoms with van der Waals surface area (Å²) in [5.41, 5.74) is 3.52. The Morgan fingerprint density at radius 2 is 1.84 bits per heavy atom. The Kier molecular flexibility index (Phi) is 5.84. The minimum absolute atomic E-state index is 0.0515. The second-order valence-corrected chi connectivity index (χ2v) is 7.20. The van der Waals surface area contributed by atoms with Crippen LogP contribution >= 0.6 is 0 Å². The summed E-state index contributed by atoms with van der Waals surface area (Å²) in [6, 6.07) is 15.6. The van der Waals surface area contributed by atoms with Crippen LogP contribution in [0.2, 0.25) is 0 Å². The molecule has 0 amide bonds. The van der Waals surface area contributed by atoms with E-state index in [1.807, 2.05) is 24.3 Å². The SMILES string of the molecule is Cc1cccc(F)c1Oc1nc(CCc2ccccn2)cc(-c2ccc(=O)n(C)c2)n1. The fraction of sp³-hybridized carbons (Fsp3) is 0.167. The third kappa shape index (κ3) is 4.83. The topological polar surface area (TPSA) is 69.9 Å². The summed E-state index contributed by atoms with van der Waals surface area (Å²) < 4.78 is 21.5. The number of hydrogen-bond donors (Lipinski definition) is 0. The van der Waals surface area contributed by atoms with E-state index in [0.29, 0.717) is 24.1 Å². The molecule has 0 fully saturated rings. The average molecular weight is 416 g/mol. The molecule has 156 valence electrons. The monoisotopic (exact) mass is 416 g/mol. The Labute approximate surface area is 179 Å². The highest BCUT2D eigenvalue weighted by Crippen LogP contribution is 2.28. The first-order chi connectivity index (χ1) is 15.0. The van der Waals surface area contributed by atoms with Gasteiger partial charge < -0.3 is 9.30 Å². The molecule has 0 radical (unpaired) electrons. The van der Waals surface area contributed by atoms with E-state index in [1.54, 1.807) is 44.6 Å². The highest BCUT2D eigenvalue weighted by molar-refractivity contribution is 5.58. The maximum atomic E-state index is 14.3. The van der Waals surface area contributed by atoms with Gasteiger partial charge in [0.1, 0.15) is 0 Å². The smallest absolute Gasteiger partial charge is 0.322 e. The van der Waals surface area contributed by atoms with Gasteiger partial charge in [-0.1, -0.05) is 18.2 Å². The van der Waals surface area contributed by atoms with Crippen molar-refractivity contribution >= 4 is 0 Å². The fourth-order valence-electron chi connectivity index (χ4n) is 3.18. The second kappa shape index (κ2) is 8.87. The number of para-hydroxylation sites is 1. The Morgan fingerprint density at radius 3 is 2.58 bits per heavy atom. The van der Waals surface area contributed by atoms with Crippen molar-refractivity contribution in [3.63, 3.8) is 0 Å². The zero-order valence-corrected chi connectivity index (χ0v) is 17.2. The van der Waals surface area contributed by atoms with Crippen molar-refractivity contribution in [3.8, 4) is 23.0 Å². The van der Waals surface area contributed by atoms with Gasteiger partial charge in [0.05, 0.1) is 5.69 Å². The van der Waals surface area contributed by atoms with Gasteiger partial charge in [0.15, 0.2) is 11.6 Å². The summed E-state index contributed by atoms with van der Waals surface area (Å²) in [6.45, 7) is 1.76. The van der Waals surface area contributed by atoms with Crippen molar-refractivity contribution < 1.29 is 9.13 Å². The Bertz CT molecular complexity index is 1250. The summed E-state index contributed by atoms with van der Waals surface area (Å²) in [5.74, 6) is -0.387. The molecule has 0 saturated heterocycles. The number of nitrogens with zero attached hydrogens (tertiary/aromatic N) is 4. The van der Waals surface area contributed by atoms with Gasteiger partial charge in [-0.05, 0) is 55.7 Å². The molecule has 4 aromatic rings. The number of pyridine rings is 2. The summed E-state index contributed by atoms with van der Waals surface area (Å²) >= 11 is 0. The first kappa shape index (κ1) is 20.4. The van der Waals surface area contributed by atoms with Crippen LogP contribution in [0.15, 0.2) is 71.8 Å². The lowest BCUT2D eigenvalue weighted by atomic mass is 10.1. The van der Waals surface area contributed by atoms with Gasteiger partial charge in [0.25, 0.3) is 0 Å². The van der Waals surface area contributed by atoms with E-state index in [4.69, 9.17) is 4.74 Å². The van der Waals surface area contributed by atoms with Crippen molar-refractivity contribution in [1.82, 2.24) is 19.5 Å². The molecule has 0 bridgehead atoms. The van der Waals surface area contributed by atoms with Crippen molar-refractivity contribution in [2.75, 3.05) is 0 Å². The van der Waals surface area contributed by atoms with Gasteiger partial charge in [-0.3, -0.25) is 9.78 Å². The first-order valence-corrected chi connectivity index (χ1v) is 9.87. The maximum absolute atomic E-state index is 14.3. The number of halogens is 1. The molecule has 0 N–H and O–H groups in total. The quantitative estimate of drug-likeness (QED) is 0.470. The van der Waals surface area contributed by atoms with Crippen LogP contribution in [0.1, 0.15) is 17.0 Å². The van der Waals surface area contributed by atoms with Crippen LogP contribution in [-0.4, -0.2) is 19.5 Å². The molecule has 7 heteroatoms. The van der Waals surface area contributed by atoms with Gasteiger partial charge in [-0.2, -0.15) is 9.97 Å². The van der Waals surface area contributed by atoms with Gasteiger partial charge >= 0.3 is 6.01 Å². The first-order valence-electron chi connectivity index (χ1n) is 9.87. The lowest BCUT2D eigenvalue weighted by Gasteiger charge is -2.12. The third-order valence-corrected chi connectivity index (χ3v) is 4.86. The van der Waals surface area contributed by atoms with Gasteiger partial charge in [-0.25, -0.2) is 4.39 Å². The minimum Gasteiger partial charge on any atom is -0.421 e. The Balaban J connectivity index is 1.72. The molecule has 0 aliphatic carbocycles. The lowest BCUT2D eigenvalue weighted by Crippen LogP contribution is -2.14. The molecule has 0 saturated carbocycles. The number of rotatable bonds is 6. The van der Waals surface area contributed by atoms with E-state index in [-0.39, 0.29) is 17.3 Å². The van der Waals surface area contributed by atoms with Gasteiger partial charge in [0.2, 0.25) is 5.56 Å². The molecule has 3 aromatic heterocycles. The second-order valence-electron chi connectivity index (χ2n) is 7.20. The third-order valence-electron chi connectivity index (χ3n) is 4.86. The van der Waals surface area contributed by atoms with Crippen molar-refractivity contribution in [3.05, 3.63) is 100 Å². The lowest BCUT2D eigenvalue weighted by molar-refractivity contribution is 0.406. The number of benzene rings is 1. The molecule has 4 rings (SSSR count). The zero-order valence-electron chi connectivity index (χ0n) is 17.2. The Hall–Kier alpha value is -3.87. The Morgan fingerprint density at radius 1 is 1.00 bits per heavy atom. The molecule has 0 atom stereocenters. The normalized spacial score (nSPS) is 10.8. The molecule has 1 aromatic carbocycles. The largest absolute Gasteiger partial charge is 0.421 e. The maximum Gasteiger partial charge on any atom is 0.322 e. The molecule has 31 heavy (non-hydrogen) atoms. The molecule has 6 nitrogen and oxygen atoms in total. The molecular formula is C24H21FN4O2. The number of ether oxygens (including phenoxy) is 1. The van der Waals surface area contributed by atoms with E-state index in [2.05, 4.69) is 15.0 Å². The minimum atomic E-state index is -0.480. The van der Waals surface area contributed by atoms with Crippen LogP contribution in [0.25, 0.3) is 11.3 Å². The van der Waals surface area contributed by atoms with E-state index in [1.165, 1.54) is 16.7 Å². The summed E-state index contributed by atoms with van der Waals surface area (Å²) in [4.78, 5) is 25.1. The fourth-order valence-corrected chi connectivity index (χ4v) is 3.18. The van der Waals surface area contributed by atoms with Crippen LogP contribution in [0, 0.1) is 12.7 Å². The van der Waals surface area contributed by atoms with Crippen LogP contribution in [0.4, 0.5) is 4.39 Å². The predicted octanol–water partition coefficient (Wildman–Crippen LogP) is 4.26. The molecule has 0 aliphatic rings. The van der Waals surface area contributed by atoms with Gasteiger partial charge in [0, 0.05) is 42.5 Å². The summed E-state index contributed by atoms with van der Waals surface area (Å²) in [7, 11) is 1.68. The highest BCUT2D eigenvalue weighted by atomic mass is 19.1.